The Morgan fingerprint density at radius 2 is 2.00 bits per heavy atom. The summed E-state index contributed by atoms with van der Waals surface area (Å²) < 4.78 is 60.3. The number of carbonyl (C=O) groups is 2. The lowest BCUT2D eigenvalue weighted by Gasteiger charge is -2.29. The maximum Gasteiger partial charge on any atom is 0.426 e. The number of aliphatic hydroxyl groups is 1. The Bertz CT molecular complexity index is 1470. The minimum Gasteiger partial charge on any atom is -0.480 e. The van der Waals surface area contributed by atoms with Gasteiger partial charge < -0.3 is 25.8 Å². The molecule has 2 amide bonds. The molecule has 1 unspecified atom stereocenters. The smallest absolute Gasteiger partial charge is 0.426 e. The number of alkyl halides is 4. The lowest BCUT2D eigenvalue weighted by Crippen LogP contribution is -2.56. The number of anilines is 1. The highest BCUT2D eigenvalue weighted by Crippen LogP contribution is 2.33. The number of pyridine rings is 1. The summed E-state index contributed by atoms with van der Waals surface area (Å²) in [6.07, 6.45) is -4.72. The van der Waals surface area contributed by atoms with Crippen molar-refractivity contribution in [1.29, 1.82) is 5.26 Å². The number of amides is 2. The van der Waals surface area contributed by atoms with E-state index in [0.717, 1.165) is 0 Å². The molecule has 200 valence electrons. The average Bonchev–Trinajstić information content (AvgIpc) is 3.43. The third-order valence-corrected chi connectivity index (χ3v) is 6.11. The SMILES string of the molecule is COc1ncc(-c2c(C#N)cc3c(N)ncnn23)cc1C(=O)N[C@@H]1CN(C(=O)C(C)(O)C(F)(F)F)C[C@@H]1F. The van der Waals surface area contributed by atoms with Gasteiger partial charge in [0.05, 0.1) is 31.0 Å². The summed E-state index contributed by atoms with van der Waals surface area (Å²) in [4.78, 5) is 33.8. The van der Waals surface area contributed by atoms with Gasteiger partial charge in [-0.15, -0.1) is 0 Å². The van der Waals surface area contributed by atoms with Crippen LogP contribution in [0.5, 0.6) is 5.88 Å². The van der Waals surface area contributed by atoms with Crippen molar-refractivity contribution in [2.75, 3.05) is 25.9 Å². The van der Waals surface area contributed by atoms with E-state index in [9.17, 15) is 37.5 Å². The fourth-order valence-electron chi connectivity index (χ4n) is 4.02. The predicted octanol–water partition coefficient (Wildman–Crippen LogP) is 0.846. The number of hydrogen-bond donors (Lipinski definition) is 3. The van der Waals surface area contributed by atoms with Gasteiger partial charge in [-0.3, -0.25) is 9.59 Å². The number of ether oxygens (including phenoxy) is 1. The highest BCUT2D eigenvalue weighted by molar-refractivity contribution is 5.98. The van der Waals surface area contributed by atoms with Crippen molar-refractivity contribution in [2.24, 2.45) is 0 Å². The van der Waals surface area contributed by atoms with Crippen molar-refractivity contribution >= 4 is 23.1 Å². The van der Waals surface area contributed by atoms with Crippen molar-refractivity contribution < 1.29 is 37.0 Å². The molecule has 0 bridgehead atoms. The number of nitrogens with one attached hydrogen (secondary N) is 1. The number of nitrogen functional groups attached to an aromatic ring is 1. The number of rotatable bonds is 5. The first-order valence-corrected chi connectivity index (χ1v) is 10.9. The summed E-state index contributed by atoms with van der Waals surface area (Å²) in [6, 6.07) is 3.36. The van der Waals surface area contributed by atoms with E-state index in [0.29, 0.717) is 10.4 Å². The number of likely N-dealkylation sites (tertiary alicyclic amines) is 1. The molecule has 12 nitrogen and oxygen atoms in total. The molecular formula is C22H20F4N8O4. The van der Waals surface area contributed by atoms with E-state index in [4.69, 9.17) is 10.5 Å². The van der Waals surface area contributed by atoms with E-state index < -0.39 is 48.9 Å². The number of methoxy groups -OCH3 is 1. The molecule has 0 aliphatic carbocycles. The Hall–Kier alpha value is -4.52. The molecule has 3 aromatic rings. The van der Waals surface area contributed by atoms with Gasteiger partial charge in [-0.2, -0.15) is 23.5 Å². The van der Waals surface area contributed by atoms with E-state index in [-0.39, 0.29) is 41.0 Å². The van der Waals surface area contributed by atoms with Crippen LogP contribution in [0.15, 0.2) is 24.7 Å². The molecule has 0 aromatic carbocycles. The first-order chi connectivity index (χ1) is 17.8. The average molecular weight is 536 g/mol. The fourth-order valence-corrected chi connectivity index (χ4v) is 4.02. The van der Waals surface area contributed by atoms with E-state index in [1.54, 1.807) is 0 Å². The molecule has 16 heteroatoms. The van der Waals surface area contributed by atoms with Crippen LogP contribution in [0, 0.1) is 11.3 Å². The number of nitrogens with two attached hydrogens (primary N) is 1. The topological polar surface area (TPSA) is 172 Å². The first-order valence-electron chi connectivity index (χ1n) is 10.9. The Balaban J connectivity index is 1.63. The Labute approximate surface area is 211 Å². The first kappa shape index (κ1) is 26.5. The van der Waals surface area contributed by atoms with Crippen LogP contribution < -0.4 is 15.8 Å². The van der Waals surface area contributed by atoms with Gasteiger partial charge in [-0.25, -0.2) is 18.9 Å². The van der Waals surface area contributed by atoms with Crippen molar-refractivity contribution in [3.05, 3.63) is 35.8 Å². The Kier molecular flexibility index (Phi) is 6.57. The van der Waals surface area contributed by atoms with Gasteiger partial charge in [0.1, 0.15) is 29.6 Å². The lowest BCUT2D eigenvalue weighted by atomic mass is 10.1. The molecule has 4 heterocycles. The van der Waals surface area contributed by atoms with Crippen LogP contribution in [0.3, 0.4) is 0 Å². The largest absolute Gasteiger partial charge is 0.480 e. The number of hydrogen-bond acceptors (Lipinski definition) is 9. The fraction of sp³-hybridized carbons (Fsp3) is 0.364. The Morgan fingerprint density at radius 3 is 2.63 bits per heavy atom. The van der Waals surface area contributed by atoms with Crippen LogP contribution in [0.25, 0.3) is 16.8 Å². The van der Waals surface area contributed by atoms with E-state index in [1.807, 2.05) is 6.07 Å². The molecule has 1 fully saturated rings. The molecule has 1 aliphatic rings. The number of aromatic nitrogens is 4. The minimum absolute atomic E-state index is 0.0982. The van der Waals surface area contributed by atoms with Gasteiger partial charge in [0, 0.05) is 18.3 Å². The van der Waals surface area contributed by atoms with Crippen LogP contribution >= 0.6 is 0 Å². The molecule has 4 rings (SSSR count). The summed E-state index contributed by atoms with van der Waals surface area (Å²) in [5, 5.41) is 25.7. The molecule has 3 atom stereocenters. The molecule has 0 saturated carbocycles. The predicted molar refractivity (Wildman–Crippen MR) is 121 cm³/mol. The summed E-state index contributed by atoms with van der Waals surface area (Å²) >= 11 is 0. The highest BCUT2D eigenvalue weighted by Gasteiger charge is 2.58. The standard InChI is InChI=1S/C22H20F4N8O4/c1-21(37,22(24,25)26)20(36)33-7-13(23)14(8-33)32-18(35)12-3-11(6-29-19(12)38-2)16-10(5-27)4-15-17(28)30-9-31-34(15)16/h3-4,6,9,13-14,37H,7-8H2,1-2H3,(H,32,35)(H2,28,30,31)/t13-,14+,21?/m0/s1. The zero-order valence-corrected chi connectivity index (χ0v) is 19.8. The summed E-state index contributed by atoms with van der Waals surface area (Å²) in [5.41, 5.74) is 2.89. The zero-order valence-electron chi connectivity index (χ0n) is 19.8. The maximum atomic E-state index is 14.7. The normalized spacial score (nSPS) is 19.2. The zero-order chi connectivity index (χ0) is 28.0. The monoisotopic (exact) mass is 536 g/mol. The van der Waals surface area contributed by atoms with Gasteiger partial charge in [0.2, 0.25) is 11.5 Å². The third-order valence-electron chi connectivity index (χ3n) is 6.11. The van der Waals surface area contributed by atoms with Gasteiger partial charge in [0.25, 0.3) is 11.8 Å². The van der Waals surface area contributed by atoms with Gasteiger partial charge in [-0.05, 0) is 19.1 Å². The number of carbonyl (C=O) groups excluding carboxylic acids is 2. The molecule has 1 saturated heterocycles. The van der Waals surface area contributed by atoms with Crippen molar-refractivity contribution in [3.8, 4) is 23.2 Å². The molecule has 1 aliphatic heterocycles. The summed E-state index contributed by atoms with van der Waals surface area (Å²) in [7, 11) is 1.23. The molecular weight excluding hydrogens is 516 g/mol. The summed E-state index contributed by atoms with van der Waals surface area (Å²) in [6.45, 7) is -1.12. The van der Waals surface area contributed by atoms with Crippen LogP contribution in [0.1, 0.15) is 22.8 Å². The lowest BCUT2D eigenvalue weighted by molar-refractivity contribution is -0.249. The highest BCUT2D eigenvalue weighted by atomic mass is 19.4. The molecule has 0 radical (unpaired) electrons. The van der Waals surface area contributed by atoms with Crippen molar-refractivity contribution in [1.82, 2.24) is 29.8 Å². The van der Waals surface area contributed by atoms with E-state index in [2.05, 4.69) is 20.4 Å². The molecule has 38 heavy (non-hydrogen) atoms. The third kappa shape index (κ3) is 4.41. The number of fused-ring (bicyclic) bond motifs is 1. The molecule has 3 aromatic heterocycles. The van der Waals surface area contributed by atoms with Crippen molar-refractivity contribution in [2.45, 2.75) is 30.9 Å². The van der Waals surface area contributed by atoms with E-state index >= 15 is 0 Å². The van der Waals surface area contributed by atoms with Crippen LogP contribution in [0.4, 0.5) is 23.4 Å². The van der Waals surface area contributed by atoms with Crippen LogP contribution in [-0.4, -0.2) is 85.6 Å². The minimum atomic E-state index is -5.28. The van der Waals surface area contributed by atoms with Gasteiger partial charge in [-0.1, -0.05) is 0 Å². The van der Waals surface area contributed by atoms with E-state index in [1.165, 1.54) is 36.3 Å². The molecule has 0 spiro atoms. The van der Waals surface area contributed by atoms with Crippen LogP contribution in [0.2, 0.25) is 0 Å². The maximum absolute atomic E-state index is 14.7. The second-order valence-corrected chi connectivity index (χ2v) is 8.62. The van der Waals surface area contributed by atoms with Gasteiger partial charge in [0.15, 0.2) is 5.82 Å². The quantitative estimate of drug-likeness (QED) is 0.400. The van der Waals surface area contributed by atoms with Crippen molar-refractivity contribution in [3.63, 3.8) is 0 Å². The summed E-state index contributed by atoms with van der Waals surface area (Å²) in [5.74, 6) is -2.72. The van der Waals surface area contributed by atoms with Crippen LogP contribution in [-0.2, 0) is 4.79 Å². The second kappa shape index (κ2) is 9.41. The number of nitrogens with zero attached hydrogens (tertiary/aromatic N) is 6. The molecule has 4 N–H and O–H groups in total. The van der Waals surface area contributed by atoms with Gasteiger partial charge >= 0.3 is 6.18 Å². The second-order valence-electron chi connectivity index (χ2n) is 8.62. The number of halogens is 4. The Morgan fingerprint density at radius 1 is 1.29 bits per heavy atom. The number of nitriles is 1.